The molecule has 6 heteroatoms. The first kappa shape index (κ1) is 16.3. The van der Waals surface area contributed by atoms with Crippen molar-refractivity contribution in [1.82, 2.24) is 0 Å². The Kier molecular flexibility index (Phi) is 4.66. The molecule has 0 spiro atoms. The average Bonchev–Trinajstić information content (AvgIpc) is 2.53. The Bertz CT molecular complexity index is 968. The molecule has 0 aliphatic heterocycles. The number of hydrogen-bond acceptors (Lipinski definition) is 4. The minimum atomic E-state index is -0.432. The zero-order valence-corrected chi connectivity index (χ0v) is 13.7. The minimum absolute atomic E-state index is 0.0801. The highest BCUT2D eigenvalue weighted by atomic mass is 32.2. The molecule has 1 N–H and O–H groups in total. The first-order valence-corrected chi connectivity index (χ1v) is 8.23. The molecule has 0 atom stereocenters. The van der Waals surface area contributed by atoms with E-state index in [2.05, 4.69) is 5.32 Å². The number of fused-ring (bicyclic) bond motifs is 1. The lowest BCUT2D eigenvalue weighted by molar-refractivity contribution is -0.113. The lowest BCUT2D eigenvalue weighted by Gasteiger charge is -2.07. The normalized spacial score (nSPS) is 10.8. The zero-order valence-electron chi connectivity index (χ0n) is 12.8. The lowest BCUT2D eigenvalue weighted by Crippen LogP contribution is -2.14. The summed E-state index contributed by atoms with van der Waals surface area (Å²) in [6.07, 6.45) is 0. The van der Waals surface area contributed by atoms with Gasteiger partial charge >= 0.3 is 5.63 Å². The Labute approximate surface area is 141 Å². The van der Waals surface area contributed by atoms with E-state index in [0.29, 0.717) is 16.2 Å². The number of hydrogen-bond donors (Lipinski definition) is 1. The minimum Gasteiger partial charge on any atom is -0.423 e. The van der Waals surface area contributed by atoms with Gasteiger partial charge in [0.2, 0.25) is 5.91 Å². The first-order valence-electron chi connectivity index (χ1n) is 7.24. The highest BCUT2D eigenvalue weighted by Gasteiger charge is 2.08. The molecule has 1 heterocycles. The highest BCUT2D eigenvalue weighted by molar-refractivity contribution is 8.00. The largest absolute Gasteiger partial charge is 0.423 e. The Morgan fingerprint density at radius 3 is 2.79 bits per heavy atom. The van der Waals surface area contributed by atoms with Crippen LogP contribution in [0.15, 0.2) is 62.6 Å². The predicted molar refractivity (Wildman–Crippen MR) is 93.0 cm³/mol. The van der Waals surface area contributed by atoms with E-state index in [4.69, 9.17) is 4.42 Å². The van der Waals surface area contributed by atoms with Gasteiger partial charge in [0.05, 0.1) is 5.75 Å². The van der Waals surface area contributed by atoms with Gasteiger partial charge < -0.3 is 9.73 Å². The summed E-state index contributed by atoms with van der Waals surface area (Å²) in [6.45, 7) is 1.82. The molecule has 3 aromatic rings. The van der Waals surface area contributed by atoms with Crippen molar-refractivity contribution < 1.29 is 13.6 Å². The van der Waals surface area contributed by atoms with Crippen LogP contribution in [-0.4, -0.2) is 11.7 Å². The molecule has 0 bridgehead atoms. The van der Waals surface area contributed by atoms with Crippen LogP contribution < -0.4 is 10.9 Å². The van der Waals surface area contributed by atoms with E-state index in [1.807, 2.05) is 6.92 Å². The van der Waals surface area contributed by atoms with Crippen molar-refractivity contribution >= 4 is 34.3 Å². The van der Waals surface area contributed by atoms with E-state index in [1.165, 1.54) is 12.1 Å². The fraction of sp³-hybridized carbons (Fsp3) is 0.111. The van der Waals surface area contributed by atoms with E-state index < -0.39 is 5.63 Å². The SMILES string of the molecule is Cc1cc(=O)oc2cc(NC(=O)CSc3ccccc3F)ccc12. The predicted octanol–water partition coefficient (Wildman–Crippen LogP) is 3.97. The second-order valence-electron chi connectivity index (χ2n) is 5.23. The number of amides is 1. The summed E-state index contributed by atoms with van der Waals surface area (Å²) in [5, 5.41) is 3.53. The molecular weight excluding hydrogens is 329 g/mol. The molecule has 1 aromatic heterocycles. The summed E-state index contributed by atoms with van der Waals surface area (Å²) in [5.74, 6) is -0.535. The second kappa shape index (κ2) is 6.88. The van der Waals surface area contributed by atoms with Crippen LogP contribution in [0.3, 0.4) is 0 Å². The Morgan fingerprint density at radius 1 is 1.21 bits per heavy atom. The Hall–Kier alpha value is -2.60. The van der Waals surface area contributed by atoms with Crippen LogP contribution >= 0.6 is 11.8 Å². The molecule has 0 fully saturated rings. The van der Waals surface area contributed by atoms with E-state index in [1.54, 1.807) is 36.4 Å². The third-order valence-electron chi connectivity index (χ3n) is 3.43. The van der Waals surface area contributed by atoms with Gasteiger partial charge in [-0.3, -0.25) is 4.79 Å². The molecule has 3 rings (SSSR count). The van der Waals surface area contributed by atoms with Gasteiger partial charge in [0.1, 0.15) is 11.4 Å². The Morgan fingerprint density at radius 2 is 2.00 bits per heavy atom. The molecule has 122 valence electrons. The quantitative estimate of drug-likeness (QED) is 0.575. The van der Waals surface area contributed by atoms with E-state index in [0.717, 1.165) is 22.7 Å². The lowest BCUT2D eigenvalue weighted by atomic mass is 10.1. The van der Waals surface area contributed by atoms with Gasteiger partial charge in [0.25, 0.3) is 0 Å². The fourth-order valence-electron chi connectivity index (χ4n) is 2.30. The number of anilines is 1. The molecule has 0 radical (unpaired) electrons. The maximum absolute atomic E-state index is 13.5. The van der Waals surface area contributed by atoms with Gasteiger partial charge in [-0.25, -0.2) is 9.18 Å². The molecule has 1 amide bonds. The standard InChI is InChI=1S/C18H14FNO3S/c1-11-8-18(22)23-15-9-12(6-7-13(11)15)20-17(21)10-24-16-5-3-2-4-14(16)19/h2-9H,10H2,1H3,(H,20,21). The molecule has 0 aliphatic carbocycles. The highest BCUT2D eigenvalue weighted by Crippen LogP contribution is 2.23. The number of aryl methyl sites for hydroxylation is 1. The van der Waals surface area contributed by atoms with Gasteiger partial charge in [-0.2, -0.15) is 0 Å². The van der Waals surface area contributed by atoms with Crippen LogP contribution in [0.4, 0.5) is 10.1 Å². The van der Waals surface area contributed by atoms with Crippen LogP contribution in [0.5, 0.6) is 0 Å². The number of rotatable bonds is 4. The van der Waals surface area contributed by atoms with Gasteiger partial charge in [0.15, 0.2) is 0 Å². The van der Waals surface area contributed by atoms with Crippen LogP contribution in [-0.2, 0) is 4.79 Å². The van der Waals surface area contributed by atoms with Gasteiger partial charge in [-0.15, -0.1) is 11.8 Å². The Balaban J connectivity index is 1.71. The van der Waals surface area contributed by atoms with Crippen molar-refractivity contribution in [3.05, 3.63) is 70.3 Å². The molecular formula is C18H14FNO3S. The van der Waals surface area contributed by atoms with E-state index in [-0.39, 0.29) is 17.5 Å². The maximum atomic E-state index is 13.5. The van der Waals surface area contributed by atoms with E-state index >= 15 is 0 Å². The first-order chi connectivity index (χ1) is 11.5. The number of halogens is 1. The molecule has 0 saturated carbocycles. The molecule has 0 unspecified atom stereocenters. The molecule has 4 nitrogen and oxygen atoms in total. The van der Waals surface area contributed by atoms with Crippen molar-refractivity contribution in [1.29, 1.82) is 0 Å². The van der Waals surface area contributed by atoms with Crippen LogP contribution in [0.25, 0.3) is 11.0 Å². The zero-order chi connectivity index (χ0) is 17.1. The second-order valence-corrected chi connectivity index (χ2v) is 6.24. The summed E-state index contributed by atoms with van der Waals surface area (Å²) in [5.41, 5.74) is 1.32. The topological polar surface area (TPSA) is 59.3 Å². The molecule has 2 aromatic carbocycles. The molecule has 0 aliphatic rings. The average molecular weight is 343 g/mol. The molecule has 24 heavy (non-hydrogen) atoms. The summed E-state index contributed by atoms with van der Waals surface area (Å²) < 4.78 is 18.7. The fourth-order valence-corrected chi connectivity index (χ4v) is 3.04. The van der Waals surface area contributed by atoms with Crippen LogP contribution in [0, 0.1) is 12.7 Å². The van der Waals surface area contributed by atoms with Crippen LogP contribution in [0.2, 0.25) is 0 Å². The number of benzene rings is 2. The maximum Gasteiger partial charge on any atom is 0.336 e. The van der Waals surface area contributed by atoms with Crippen LogP contribution in [0.1, 0.15) is 5.56 Å². The van der Waals surface area contributed by atoms with E-state index in [9.17, 15) is 14.0 Å². The monoisotopic (exact) mass is 343 g/mol. The van der Waals surface area contributed by atoms with Gasteiger partial charge in [-0.05, 0) is 36.8 Å². The third-order valence-corrected chi connectivity index (χ3v) is 4.48. The van der Waals surface area contributed by atoms with Crippen molar-refractivity contribution in [3.8, 4) is 0 Å². The summed E-state index contributed by atoms with van der Waals surface area (Å²) in [4.78, 5) is 23.9. The summed E-state index contributed by atoms with van der Waals surface area (Å²) >= 11 is 1.12. The summed E-state index contributed by atoms with van der Waals surface area (Å²) in [7, 11) is 0. The van der Waals surface area contributed by atoms with Gasteiger partial charge in [0, 0.05) is 28.1 Å². The number of thioether (sulfide) groups is 1. The van der Waals surface area contributed by atoms with Gasteiger partial charge in [-0.1, -0.05) is 12.1 Å². The van der Waals surface area contributed by atoms with Crippen molar-refractivity contribution in [2.24, 2.45) is 0 Å². The third kappa shape index (κ3) is 3.65. The smallest absolute Gasteiger partial charge is 0.336 e. The number of carbonyl (C=O) groups is 1. The summed E-state index contributed by atoms with van der Waals surface area (Å²) in [6, 6.07) is 12.9. The number of nitrogens with one attached hydrogen (secondary N) is 1. The van der Waals surface area contributed by atoms with Crippen molar-refractivity contribution in [2.75, 3.05) is 11.1 Å². The number of carbonyl (C=O) groups excluding carboxylic acids is 1. The van der Waals surface area contributed by atoms with Crippen molar-refractivity contribution in [2.45, 2.75) is 11.8 Å². The van der Waals surface area contributed by atoms with Crippen molar-refractivity contribution in [3.63, 3.8) is 0 Å². The molecule has 0 saturated heterocycles.